The number of amides is 2. The van der Waals surface area contributed by atoms with Crippen molar-refractivity contribution in [1.82, 2.24) is 10.2 Å². The van der Waals surface area contributed by atoms with Gasteiger partial charge in [0, 0.05) is 25.0 Å². The molecule has 0 aromatic heterocycles. The maximum atomic E-state index is 12.2. The zero-order chi connectivity index (χ0) is 17.6. The number of nitrogens with one attached hydrogen (secondary N) is 1. The Bertz CT molecular complexity index is 607. The minimum absolute atomic E-state index is 0.0401. The largest absolute Gasteiger partial charge is 0.493 e. The molecule has 25 heavy (non-hydrogen) atoms. The number of piperidine rings is 1. The standard InChI is InChI=1S/C19H26N2O4/c1-24-16-7-2-3-8-17(16)25-13-18(22)20-15-9-11-21(12-10-15)19(23)14-5-4-6-14/h2-3,7-8,14-15H,4-6,9-13H2,1H3,(H,20,22). The van der Waals surface area contributed by atoms with Crippen molar-refractivity contribution in [2.75, 3.05) is 26.8 Å². The van der Waals surface area contributed by atoms with Gasteiger partial charge in [0.25, 0.3) is 5.91 Å². The molecule has 2 aliphatic rings. The molecular formula is C19H26N2O4. The maximum Gasteiger partial charge on any atom is 0.258 e. The number of hydrogen-bond donors (Lipinski definition) is 1. The average molecular weight is 346 g/mol. The normalized spacial score (nSPS) is 18.4. The maximum absolute atomic E-state index is 12.2. The van der Waals surface area contributed by atoms with Gasteiger partial charge >= 0.3 is 0 Å². The van der Waals surface area contributed by atoms with E-state index < -0.39 is 0 Å². The van der Waals surface area contributed by atoms with Gasteiger partial charge in [-0.05, 0) is 37.8 Å². The van der Waals surface area contributed by atoms with Gasteiger partial charge in [-0.15, -0.1) is 0 Å². The van der Waals surface area contributed by atoms with Crippen LogP contribution < -0.4 is 14.8 Å². The van der Waals surface area contributed by atoms with Crippen LogP contribution in [-0.2, 0) is 9.59 Å². The number of para-hydroxylation sites is 2. The van der Waals surface area contributed by atoms with Gasteiger partial charge in [0.2, 0.25) is 5.91 Å². The molecule has 0 bridgehead atoms. The van der Waals surface area contributed by atoms with Crippen LogP contribution in [0.4, 0.5) is 0 Å². The number of carbonyl (C=O) groups is 2. The SMILES string of the molecule is COc1ccccc1OCC(=O)NC1CCN(C(=O)C2CCC2)CC1. The van der Waals surface area contributed by atoms with E-state index in [2.05, 4.69) is 5.32 Å². The molecule has 1 saturated carbocycles. The molecule has 136 valence electrons. The van der Waals surface area contributed by atoms with Crippen molar-refractivity contribution < 1.29 is 19.1 Å². The van der Waals surface area contributed by atoms with Crippen LogP contribution in [0.15, 0.2) is 24.3 Å². The summed E-state index contributed by atoms with van der Waals surface area (Å²) in [5.41, 5.74) is 0. The van der Waals surface area contributed by atoms with Crippen LogP contribution >= 0.6 is 0 Å². The molecule has 2 fully saturated rings. The third-order valence-corrected chi connectivity index (χ3v) is 5.05. The number of ether oxygens (including phenoxy) is 2. The molecule has 0 unspecified atom stereocenters. The lowest BCUT2D eigenvalue weighted by molar-refractivity contribution is -0.139. The van der Waals surface area contributed by atoms with Gasteiger partial charge in [0.1, 0.15) is 0 Å². The van der Waals surface area contributed by atoms with Crippen molar-refractivity contribution in [3.8, 4) is 11.5 Å². The van der Waals surface area contributed by atoms with Crippen LogP contribution in [0.3, 0.4) is 0 Å². The third-order valence-electron chi connectivity index (χ3n) is 5.05. The highest BCUT2D eigenvalue weighted by Gasteiger charge is 2.31. The Morgan fingerprint density at radius 3 is 2.40 bits per heavy atom. The highest BCUT2D eigenvalue weighted by atomic mass is 16.5. The van der Waals surface area contributed by atoms with E-state index in [0.717, 1.165) is 38.8 Å². The summed E-state index contributed by atoms with van der Waals surface area (Å²) in [7, 11) is 1.57. The zero-order valence-electron chi connectivity index (χ0n) is 14.7. The van der Waals surface area contributed by atoms with E-state index in [1.165, 1.54) is 6.42 Å². The van der Waals surface area contributed by atoms with E-state index in [4.69, 9.17) is 9.47 Å². The predicted octanol–water partition coefficient (Wildman–Crippen LogP) is 1.98. The Kier molecular flexibility index (Phi) is 5.79. The number of benzene rings is 1. The Morgan fingerprint density at radius 2 is 1.80 bits per heavy atom. The minimum atomic E-state index is -0.144. The summed E-state index contributed by atoms with van der Waals surface area (Å²) >= 11 is 0. The van der Waals surface area contributed by atoms with Crippen molar-refractivity contribution in [3.05, 3.63) is 24.3 Å². The number of hydrogen-bond acceptors (Lipinski definition) is 4. The van der Waals surface area contributed by atoms with Crippen molar-refractivity contribution >= 4 is 11.8 Å². The topological polar surface area (TPSA) is 67.9 Å². The van der Waals surface area contributed by atoms with Crippen molar-refractivity contribution in [2.24, 2.45) is 5.92 Å². The summed E-state index contributed by atoms with van der Waals surface area (Å²) < 4.78 is 10.7. The fraction of sp³-hybridized carbons (Fsp3) is 0.579. The lowest BCUT2D eigenvalue weighted by Gasteiger charge is -2.36. The van der Waals surface area contributed by atoms with E-state index in [-0.39, 0.29) is 24.5 Å². The highest BCUT2D eigenvalue weighted by molar-refractivity contribution is 5.80. The van der Waals surface area contributed by atoms with Gasteiger partial charge in [0.05, 0.1) is 7.11 Å². The lowest BCUT2D eigenvalue weighted by Crippen LogP contribution is -2.49. The van der Waals surface area contributed by atoms with Crippen molar-refractivity contribution in [3.63, 3.8) is 0 Å². The first kappa shape index (κ1) is 17.6. The summed E-state index contributed by atoms with van der Waals surface area (Å²) in [6.07, 6.45) is 4.86. The smallest absolute Gasteiger partial charge is 0.258 e. The summed E-state index contributed by atoms with van der Waals surface area (Å²) in [6.45, 7) is 1.42. The second kappa shape index (κ2) is 8.23. The fourth-order valence-electron chi connectivity index (χ4n) is 3.31. The molecule has 1 heterocycles. The van der Waals surface area contributed by atoms with Gasteiger partial charge in [-0.1, -0.05) is 18.6 Å². The molecule has 6 heteroatoms. The quantitative estimate of drug-likeness (QED) is 0.855. The second-order valence-electron chi connectivity index (χ2n) is 6.73. The van der Waals surface area contributed by atoms with Crippen LogP contribution in [0.5, 0.6) is 11.5 Å². The van der Waals surface area contributed by atoms with E-state index in [1.54, 1.807) is 19.2 Å². The Morgan fingerprint density at radius 1 is 1.12 bits per heavy atom. The Hall–Kier alpha value is -2.24. The van der Waals surface area contributed by atoms with Crippen LogP contribution in [-0.4, -0.2) is 49.6 Å². The predicted molar refractivity (Wildman–Crippen MR) is 93.6 cm³/mol. The van der Waals surface area contributed by atoms with Crippen LogP contribution in [0.25, 0.3) is 0 Å². The van der Waals surface area contributed by atoms with Crippen LogP contribution in [0.2, 0.25) is 0 Å². The summed E-state index contributed by atoms with van der Waals surface area (Å²) in [4.78, 5) is 26.3. The van der Waals surface area contributed by atoms with E-state index in [9.17, 15) is 9.59 Å². The number of likely N-dealkylation sites (tertiary alicyclic amines) is 1. The molecule has 1 aliphatic carbocycles. The summed E-state index contributed by atoms with van der Waals surface area (Å²) in [5.74, 6) is 1.57. The molecule has 1 N–H and O–H groups in total. The second-order valence-corrected chi connectivity index (χ2v) is 6.73. The number of rotatable bonds is 6. The molecule has 0 spiro atoms. The minimum Gasteiger partial charge on any atom is -0.493 e. The van der Waals surface area contributed by atoms with Gasteiger partial charge in [-0.3, -0.25) is 9.59 Å². The summed E-state index contributed by atoms with van der Waals surface area (Å²) in [5, 5.41) is 3.00. The monoisotopic (exact) mass is 346 g/mol. The van der Waals surface area contributed by atoms with E-state index in [0.29, 0.717) is 17.4 Å². The van der Waals surface area contributed by atoms with Gasteiger partial charge in [0.15, 0.2) is 18.1 Å². The van der Waals surface area contributed by atoms with Crippen molar-refractivity contribution in [2.45, 2.75) is 38.1 Å². The zero-order valence-corrected chi connectivity index (χ0v) is 14.7. The molecule has 1 aliphatic heterocycles. The van der Waals surface area contributed by atoms with Crippen LogP contribution in [0.1, 0.15) is 32.1 Å². The van der Waals surface area contributed by atoms with E-state index in [1.807, 2.05) is 17.0 Å². The van der Waals surface area contributed by atoms with E-state index >= 15 is 0 Å². The number of nitrogens with zero attached hydrogens (tertiary/aromatic N) is 1. The number of carbonyl (C=O) groups excluding carboxylic acids is 2. The Balaban J connectivity index is 1.39. The molecule has 1 aromatic rings. The lowest BCUT2D eigenvalue weighted by atomic mass is 9.84. The van der Waals surface area contributed by atoms with Gasteiger partial charge in [-0.2, -0.15) is 0 Å². The molecule has 2 amide bonds. The first-order chi connectivity index (χ1) is 12.2. The fourth-order valence-corrected chi connectivity index (χ4v) is 3.31. The Labute approximate surface area is 148 Å². The van der Waals surface area contributed by atoms with Crippen LogP contribution in [0, 0.1) is 5.92 Å². The molecule has 1 aromatic carbocycles. The first-order valence-electron chi connectivity index (χ1n) is 9.01. The average Bonchev–Trinajstić information content (AvgIpc) is 2.59. The number of methoxy groups -OCH3 is 1. The van der Waals surface area contributed by atoms with Gasteiger partial charge < -0.3 is 19.7 Å². The first-order valence-corrected chi connectivity index (χ1v) is 9.01. The van der Waals surface area contributed by atoms with Gasteiger partial charge in [-0.25, -0.2) is 0 Å². The van der Waals surface area contributed by atoms with Crippen molar-refractivity contribution in [1.29, 1.82) is 0 Å². The summed E-state index contributed by atoms with van der Waals surface area (Å²) in [6, 6.07) is 7.37. The third kappa shape index (κ3) is 4.44. The molecular weight excluding hydrogens is 320 g/mol. The molecule has 3 rings (SSSR count). The molecule has 0 atom stereocenters. The highest BCUT2D eigenvalue weighted by Crippen LogP contribution is 2.29. The molecule has 6 nitrogen and oxygen atoms in total. The molecule has 0 radical (unpaired) electrons. The molecule has 1 saturated heterocycles.